The van der Waals surface area contributed by atoms with Crippen LogP contribution in [0.4, 0.5) is 4.39 Å². The molecule has 0 spiro atoms. The Labute approximate surface area is 149 Å². The molecule has 2 aromatic carbocycles. The van der Waals surface area contributed by atoms with Gasteiger partial charge in [-0.05, 0) is 74.4 Å². The summed E-state index contributed by atoms with van der Waals surface area (Å²) in [4.78, 5) is 2.16. The van der Waals surface area contributed by atoms with Gasteiger partial charge >= 0.3 is 0 Å². The number of methoxy groups -OCH3 is 1. The molecule has 0 heterocycles. The lowest BCUT2D eigenvalue weighted by molar-refractivity contribution is 0.184. The molecule has 0 aliphatic carbocycles. The SMILES string of the molecule is COCc1cc(C#N)ccc1C(CCCN(C)C)c1ccc(F)cc1. The Balaban J connectivity index is 2.40. The molecule has 0 aliphatic rings. The first-order valence-electron chi connectivity index (χ1n) is 8.47. The quantitative estimate of drug-likeness (QED) is 0.718. The van der Waals surface area contributed by atoms with Crippen molar-refractivity contribution >= 4 is 0 Å². The highest BCUT2D eigenvalue weighted by Crippen LogP contribution is 2.32. The number of rotatable bonds is 8. The van der Waals surface area contributed by atoms with Gasteiger partial charge < -0.3 is 9.64 Å². The predicted octanol–water partition coefficient (Wildman–Crippen LogP) is 4.32. The highest BCUT2D eigenvalue weighted by atomic mass is 19.1. The van der Waals surface area contributed by atoms with Gasteiger partial charge in [-0.25, -0.2) is 4.39 Å². The van der Waals surface area contributed by atoms with Crippen LogP contribution in [0.3, 0.4) is 0 Å². The van der Waals surface area contributed by atoms with E-state index in [1.54, 1.807) is 7.11 Å². The second-order valence-corrected chi connectivity index (χ2v) is 6.51. The largest absolute Gasteiger partial charge is 0.380 e. The molecule has 3 nitrogen and oxygen atoms in total. The molecule has 0 amide bonds. The lowest BCUT2D eigenvalue weighted by Gasteiger charge is -2.22. The predicted molar refractivity (Wildman–Crippen MR) is 97.9 cm³/mol. The first-order valence-corrected chi connectivity index (χ1v) is 8.47. The summed E-state index contributed by atoms with van der Waals surface area (Å²) in [7, 11) is 5.78. The van der Waals surface area contributed by atoms with Gasteiger partial charge in [-0.3, -0.25) is 0 Å². The van der Waals surface area contributed by atoms with E-state index in [1.165, 1.54) is 12.1 Å². The monoisotopic (exact) mass is 340 g/mol. The van der Waals surface area contributed by atoms with Crippen LogP contribution >= 0.6 is 0 Å². The molecular formula is C21H25FN2O. The molecule has 1 unspecified atom stereocenters. The molecule has 0 saturated carbocycles. The van der Waals surface area contributed by atoms with Crippen molar-refractivity contribution in [2.45, 2.75) is 25.4 Å². The van der Waals surface area contributed by atoms with Crippen molar-refractivity contribution in [3.05, 3.63) is 70.5 Å². The molecule has 2 aromatic rings. The maximum Gasteiger partial charge on any atom is 0.123 e. The van der Waals surface area contributed by atoms with Crippen molar-refractivity contribution in [3.8, 4) is 6.07 Å². The van der Waals surface area contributed by atoms with Gasteiger partial charge in [0.15, 0.2) is 0 Å². The molecule has 0 aliphatic heterocycles. The number of halogens is 1. The summed E-state index contributed by atoms with van der Waals surface area (Å²) in [6, 6.07) is 14.6. The number of nitriles is 1. The van der Waals surface area contributed by atoms with E-state index in [0.717, 1.165) is 36.1 Å². The summed E-state index contributed by atoms with van der Waals surface area (Å²) in [5.74, 6) is -0.0776. The molecule has 1 atom stereocenters. The van der Waals surface area contributed by atoms with Crippen LogP contribution in [-0.4, -0.2) is 32.6 Å². The van der Waals surface area contributed by atoms with Gasteiger partial charge in [0.25, 0.3) is 0 Å². The van der Waals surface area contributed by atoms with E-state index < -0.39 is 0 Å². The summed E-state index contributed by atoms with van der Waals surface area (Å²) >= 11 is 0. The fourth-order valence-electron chi connectivity index (χ4n) is 3.10. The van der Waals surface area contributed by atoms with E-state index in [0.29, 0.717) is 12.2 Å². The van der Waals surface area contributed by atoms with E-state index in [1.807, 2.05) is 30.3 Å². The molecule has 0 saturated heterocycles. The maximum atomic E-state index is 13.3. The lowest BCUT2D eigenvalue weighted by atomic mass is 9.84. The van der Waals surface area contributed by atoms with Crippen molar-refractivity contribution < 1.29 is 9.13 Å². The minimum atomic E-state index is -0.229. The Morgan fingerprint density at radius 2 is 1.88 bits per heavy atom. The average molecular weight is 340 g/mol. The highest BCUT2D eigenvalue weighted by Gasteiger charge is 2.18. The molecule has 0 aromatic heterocycles. The Hall–Kier alpha value is -2.22. The third kappa shape index (κ3) is 5.38. The number of benzene rings is 2. The minimum absolute atomic E-state index is 0.151. The molecule has 0 bridgehead atoms. The zero-order valence-electron chi connectivity index (χ0n) is 15.1. The van der Waals surface area contributed by atoms with E-state index in [4.69, 9.17) is 4.74 Å². The number of hydrogen-bond acceptors (Lipinski definition) is 3. The van der Waals surface area contributed by atoms with Crippen LogP contribution in [0.2, 0.25) is 0 Å². The molecule has 0 radical (unpaired) electrons. The summed E-state index contributed by atoms with van der Waals surface area (Å²) in [6.07, 6.45) is 1.98. The normalized spacial score (nSPS) is 12.2. The highest BCUT2D eigenvalue weighted by molar-refractivity contribution is 5.43. The molecular weight excluding hydrogens is 315 g/mol. The topological polar surface area (TPSA) is 36.3 Å². The summed E-state index contributed by atoms with van der Waals surface area (Å²) in [6.45, 7) is 1.45. The van der Waals surface area contributed by atoms with E-state index >= 15 is 0 Å². The molecule has 4 heteroatoms. The zero-order valence-corrected chi connectivity index (χ0v) is 15.1. The van der Waals surface area contributed by atoms with Gasteiger partial charge in [-0.2, -0.15) is 5.26 Å². The fraction of sp³-hybridized carbons (Fsp3) is 0.381. The zero-order chi connectivity index (χ0) is 18.2. The van der Waals surface area contributed by atoms with Crippen LogP contribution in [0, 0.1) is 17.1 Å². The van der Waals surface area contributed by atoms with Gasteiger partial charge in [-0.1, -0.05) is 18.2 Å². The molecule has 25 heavy (non-hydrogen) atoms. The number of ether oxygens (including phenoxy) is 1. The van der Waals surface area contributed by atoms with Crippen LogP contribution in [0.5, 0.6) is 0 Å². The van der Waals surface area contributed by atoms with Crippen molar-refractivity contribution in [3.63, 3.8) is 0 Å². The summed E-state index contributed by atoms with van der Waals surface area (Å²) < 4.78 is 18.7. The van der Waals surface area contributed by atoms with Crippen molar-refractivity contribution in [2.24, 2.45) is 0 Å². The van der Waals surface area contributed by atoms with Crippen LogP contribution in [-0.2, 0) is 11.3 Å². The minimum Gasteiger partial charge on any atom is -0.380 e. The molecule has 0 N–H and O–H groups in total. The first kappa shape index (κ1) is 19.1. The lowest BCUT2D eigenvalue weighted by Crippen LogP contribution is -2.15. The third-order valence-corrected chi connectivity index (χ3v) is 4.32. The summed E-state index contributed by atoms with van der Waals surface area (Å²) in [5.41, 5.74) is 3.87. The van der Waals surface area contributed by atoms with E-state index in [9.17, 15) is 9.65 Å². The number of hydrogen-bond donors (Lipinski definition) is 0. The van der Waals surface area contributed by atoms with Gasteiger partial charge in [0.1, 0.15) is 5.82 Å². The van der Waals surface area contributed by atoms with Gasteiger partial charge in [-0.15, -0.1) is 0 Å². The van der Waals surface area contributed by atoms with Crippen molar-refractivity contribution in [1.82, 2.24) is 4.90 Å². The van der Waals surface area contributed by atoms with Gasteiger partial charge in [0.05, 0.1) is 18.2 Å². The molecule has 0 fully saturated rings. The van der Waals surface area contributed by atoms with Crippen LogP contribution < -0.4 is 0 Å². The van der Waals surface area contributed by atoms with Crippen LogP contribution in [0.1, 0.15) is 41.0 Å². The van der Waals surface area contributed by atoms with E-state index in [-0.39, 0.29) is 11.7 Å². The smallest absolute Gasteiger partial charge is 0.123 e. The Morgan fingerprint density at radius 3 is 2.48 bits per heavy atom. The fourth-order valence-corrected chi connectivity index (χ4v) is 3.10. The van der Waals surface area contributed by atoms with E-state index in [2.05, 4.69) is 25.1 Å². The Kier molecular flexibility index (Phi) is 7.12. The molecule has 2 rings (SSSR count). The first-order chi connectivity index (χ1) is 12.0. The molecule has 132 valence electrons. The van der Waals surface area contributed by atoms with Crippen LogP contribution in [0.15, 0.2) is 42.5 Å². The van der Waals surface area contributed by atoms with Crippen molar-refractivity contribution in [1.29, 1.82) is 5.26 Å². The van der Waals surface area contributed by atoms with Gasteiger partial charge in [0, 0.05) is 13.0 Å². The Morgan fingerprint density at radius 1 is 1.16 bits per heavy atom. The Bertz CT molecular complexity index is 720. The average Bonchev–Trinajstić information content (AvgIpc) is 2.60. The van der Waals surface area contributed by atoms with Crippen LogP contribution in [0.25, 0.3) is 0 Å². The summed E-state index contributed by atoms with van der Waals surface area (Å²) in [5, 5.41) is 9.17. The van der Waals surface area contributed by atoms with Gasteiger partial charge in [0.2, 0.25) is 0 Å². The standard InChI is InChI=1S/C21H25FN2O/c1-24(2)12-4-5-20(17-7-9-19(22)10-8-17)21-11-6-16(14-23)13-18(21)15-25-3/h6-11,13,20H,4-5,12,15H2,1-3H3. The van der Waals surface area contributed by atoms with Crippen molar-refractivity contribution in [2.75, 3.05) is 27.7 Å². The third-order valence-electron chi connectivity index (χ3n) is 4.32. The number of nitrogens with zero attached hydrogens (tertiary/aromatic N) is 2. The maximum absolute atomic E-state index is 13.3. The second-order valence-electron chi connectivity index (χ2n) is 6.51. The second kappa shape index (κ2) is 9.31.